The summed E-state index contributed by atoms with van der Waals surface area (Å²) < 4.78 is 0. The third-order valence-electron chi connectivity index (χ3n) is 8.84. The van der Waals surface area contributed by atoms with Crippen molar-refractivity contribution in [1.82, 2.24) is 0 Å². The van der Waals surface area contributed by atoms with Crippen LogP contribution in [0.1, 0.15) is 47.9 Å². The van der Waals surface area contributed by atoms with Crippen LogP contribution in [0.15, 0.2) is 24.3 Å². The highest BCUT2D eigenvalue weighted by Gasteiger charge is 2.38. The van der Waals surface area contributed by atoms with Gasteiger partial charge in [0, 0.05) is 12.1 Å². The summed E-state index contributed by atoms with van der Waals surface area (Å²) >= 11 is 0. The fourth-order valence-corrected chi connectivity index (χ4v) is 6.68. The number of benzene rings is 2. The second-order valence-corrected chi connectivity index (χ2v) is 11.3. The van der Waals surface area contributed by atoms with Crippen LogP contribution in [0, 0.1) is 23.7 Å². The first-order chi connectivity index (χ1) is 17.1. The standard InChI is InChI=1S/C28H36O8/c29-21-9-22(30)14-1-13(21)5-15-2-17(25(33)10-23(15)31)7-19-4-20(28(36)12-27(19)35)8-18-3-16(6-14)24(32)11-26(18)34/h1,4,9,12,15-18,23-26,29-36H,2-3,5-8,10-11H2/t15-,16?,17+,18?,23?,24+,25?,26-. The Morgan fingerprint density at radius 2 is 0.639 bits per heavy atom. The fourth-order valence-electron chi connectivity index (χ4n) is 6.68. The first-order valence-electron chi connectivity index (χ1n) is 12.9. The Bertz CT molecular complexity index is 955. The molecule has 2 saturated carbocycles. The second-order valence-electron chi connectivity index (χ2n) is 11.3. The summed E-state index contributed by atoms with van der Waals surface area (Å²) in [6.45, 7) is 0. The van der Waals surface area contributed by atoms with E-state index in [-0.39, 0.29) is 59.5 Å². The molecule has 8 atom stereocenters. The summed E-state index contributed by atoms with van der Waals surface area (Å²) in [6, 6.07) is 6.07. The van der Waals surface area contributed by atoms with E-state index in [0.29, 0.717) is 60.8 Å². The Kier molecular flexibility index (Phi) is 6.80. The molecule has 3 aliphatic carbocycles. The van der Waals surface area contributed by atoms with Gasteiger partial charge in [0.25, 0.3) is 0 Å². The summed E-state index contributed by atoms with van der Waals surface area (Å²) in [5.41, 5.74) is 2.35. The number of hydrogen-bond donors (Lipinski definition) is 8. The number of aromatic hydroxyl groups is 4. The number of aliphatic hydroxyl groups excluding tert-OH is 4. The lowest BCUT2D eigenvalue weighted by atomic mass is 9.71. The Labute approximate surface area is 210 Å². The minimum Gasteiger partial charge on any atom is -0.508 e. The SMILES string of the molecule is Oc1cc(O)c2cc1CC1CC(Cc3cc(c(O)cc3O)C[C@H]3C[C@@H](C2)C(O)CC3O)[C@@H](O)C[C@H]1O. The van der Waals surface area contributed by atoms with Crippen LogP contribution in [0.2, 0.25) is 0 Å². The number of phenolic OH excluding ortho intramolecular Hbond substituents is 4. The molecule has 8 nitrogen and oxygen atoms in total. The third-order valence-corrected chi connectivity index (χ3v) is 8.84. The average Bonchev–Trinajstić information content (AvgIpc) is 2.79. The van der Waals surface area contributed by atoms with E-state index < -0.39 is 24.4 Å². The Hall–Kier alpha value is -2.52. The molecule has 0 aromatic heterocycles. The zero-order valence-corrected chi connectivity index (χ0v) is 20.2. The maximum absolute atomic E-state index is 10.7. The number of phenols is 4. The van der Waals surface area contributed by atoms with Crippen molar-refractivity contribution >= 4 is 0 Å². The van der Waals surface area contributed by atoms with Crippen LogP contribution in [0.5, 0.6) is 23.0 Å². The van der Waals surface area contributed by atoms with Crippen LogP contribution in [0.4, 0.5) is 0 Å². The molecular weight excluding hydrogens is 464 g/mol. The number of aliphatic hydroxyl groups is 4. The minimum absolute atomic E-state index is 0.0643. The van der Waals surface area contributed by atoms with Gasteiger partial charge < -0.3 is 40.9 Å². The molecule has 8 bridgehead atoms. The van der Waals surface area contributed by atoms with Crippen LogP contribution in [0.3, 0.4) is 0 Å². The van der Waals surface area contributed by atoms with E-state index >= 15 is 0 Å². The van der Waals surface area contributed by atoms with Crippen molar-refractivity contribution in [1.29, 1.82) is 0 Å². The van der Waals surface area contributed by atoms with Crippen LogP contribution >= 0.6 is 0 Å². The zero-order valence-electron chi connectivity index (χ0n) is 20.2. The smallest absolute Gasteiger partial charge is 0.122 e. The van der Waals surface area contributed by atoms with Gasteiger partial charge in [-0.25, -0.2) is 0 Å². The van der Waals surface area contributed by atoms with Gasteiger partial charge in [-0.05, 0) is 109 Å². The molecule has 2 aromatic carbocycles. The molecule has 0 radical (unpaired) electrons. The van der Waals surface area contributed by atoms with Crippen LogP contribution in [-0.2, 0) is 25.7 Å². The molecule has 0 spiro atoms. The third kappa shape index (κ3) is 4.87. The summed E-state index contributed by atoms with van der Waals surface area (Å²) in [4.78, 5) is 0. The van der Waals surface area contributed by atoms with Crippen molar-refractivity contribution in [3.8, 4) is 23.0 Å². The van der Waals surface area contributed by atoms with E-state index in [9.17, 15) is 40.9 Å². The normalized spacial score (nSPS) is 34.8. The average molecular weight is 501 g/mol. The lowest BCUT2D eigenvalue weighted by Crippen LogP contribution is -2.41. The van der Waals surface area contributed by atoms with Crippen LogP contribution in [0.25, 0.3) is 0 Å². The molecule has 8 N–H and O–H groups in total. The van der Waals surface area contributed by atoms with E-state index in [1.54, 1.807) is 12.1 Å². The van der Waals surface area contributed by atoms with Gasteiger partial charge >= 0.3 is 0 Å². The highest BCUT2D eigenvalue weighted by atomic mass is 16.3. The van der Waals surface area contributed by atoms with E-state index in [0.717, 1.165) is 0 Å². The lowest BCUT2D eigenvalue weighted by Gasteiger charge is -2.38. The predicted octanol–water partition coefficient (Wildman–Crippen LogP) is 1.89. The van der Waals surface area contributed by atoms with E-state index in [1.807, 2.05) is 0 Å². The number of hydrogen-bond acceptors (Lipinski definition) is 8. The van der Waals surface area contributed by atoms with Crippen molar-refractivity contribution in [2.24, 2.45) is 23.7 Å². The summed E-state index contributed by atoms with van der Waals surface area (Å²) in [7, 11) is 0. The molecule has 36 heavy (non-hydrogen) atoms. The van der Waals surface area contributed by atoms with Crippen molar-refractivity contribution < 1.29 is 40.9 Å². The maximum Gasteiger partial charge on any atom is 0.122 e. The Balaban J connectivity index is 1.57. The van der Waals surface area contributed by atoms with Gasteiger partial charge in [0.05, 0.1) is 24.4 Å². The van der Waals surface area contributed by atoms with Crippen molar-refractivity contribution in [3.05, 3.63) is 46.5 Å². The van der Waals surface area contributed by atoms with Crippen molar-refractivity contribution in [3.63, 3.8) is 0 Å². The Morgan fingerprint density at radius 1 is 0.389 bits per heavy atom. The molecule has 5 rings (SSSR count). The van der Waals surface area contributed by atoms with Crippen LogP contribution in [-0.4, -0.2) is 65.3 Å². The van der Waals surface area contributed by atoms with Crippen molar-refractivity contribution in [2.45, 2.75) is 75.8 Å². The topological polar surface area (TPSA) is 162 Å². The molecule has 0 saturated heterocycles. The predicted molar refractivity (Wildman–Crippen MR) is 131 cm³/mol. The van der Waals surface area contributed by atoms with Gasteiger partial charge in [0.2, 0.25) is 0 Å². The molecule has 0 amide bonds. The summed E-state index contributed by atoms with van der Waals surface area (Å²) in [6.07, 6.45) is -0.365. The molecule has 0 aliphatic heterocycles. The van der Waals surface area contributed by atoms with E-state index in [1.165, 1.54) is 12.1 Å². The monoisotopic (exact) mass is 500 g/mol. The maximum atomic E-state index is 10.7. The molecule has 0 heterocycles. The zero-order chi connectivity index (χ0) is 25.7. The van der Waals surface area contributed by atoms with Gasteiger partial charge in [-0.1, -0.05) is 0 Å². The van der Waals surface area contributed by atoms with E-state index in [2.05, 4.69) is 0 Å². The molecule has 3 aliphatic rings. The first-order valence-corrected chi connectivity index (χ1v) is 12.9. The molecule has 2 aromatic rings. The van der Waals surface area contributed by atoms with Gasteiger partial charge in [0.15, 0.2) is 0 Å². The largest absolute Gasteiger partial charge is 0.508 e. The fraction of sp³-hybridized carbons (Fsp3) is 0.571. The minimum atomic E-state index is -0.766. The molecule has 8 heteroatoms. The van der Waals surface area contributed by atoms with Gasteiger partial charge in [-0.2, -0.15) is 0 Å². The number of rotatable bonds is 0. The Morgan fingerprint density at radius 3 is 0.889 bits per heavy atom. The van der Waals surface area contributed by atoms with Crippen molar-refractivity contribution in [2.75, 3.05) is 0 Å². The lowest BCUT2D eigenvalue weighted by molar-refractivity contribution is -0.0350. The van der Waals surface area contributed by atoms with E-state index in [4.69, 9.17) is 0 Å². The quantitative estimate of drug-likeness (QED) is 0.272. The molecular formula is C28H36O8. The molecule has 196 valence electrons. The highest BCUT2D eigenvalue weighted by Crippen LogP contribution is 2.42. The highest BCUT2D eigenvalue weighted by molar-refractivity contribution is 5.47. The molecule has 4 unspecified atom stereocenters. The van der Waals surface area contributed by atoms with Gasteiger partial charge in [-0.15, -0.1) is 0 Å². The van der Waals surface area contributed by atoms with Crippen LogP contribution < -0.4 is 0 Å². The first kappa shape index (κ1) is 25.1. The second kappa shape index (κ2) is 9.74. The van der Waals surface area contributed by atoms with Gasteiger partial charge in [-0.3, -0.25) is 0 Å². The van der Waals surface area contributed by atoms with Gasteiger partial charge in [0.1, 0.15) is 23.0 Å². The molecule has 2 fully saturated rings. The summed E-state index contributed by atoms with van der Waals surface area (Å²) in [5.74, 6) is -1.23. The number of fused-ring (bicyclic) bond motifs is 8. The summed E-state index contributed by atoms with van der Waals surface area (Å²) in [5, 5.41) is 85.2.